The largest absolute Gasteiger partial charge is 0.363 e. The Balaban J connectivity index is 2.34. The quantitative estimate of drug-likeness (QED) is 0.857. The molecule has 0 aliphatic carbocycles. The zero-order chi connectivity index (χ0) is 12.4. The Morgan fingerprint density at radius 1 is 1.35 bits per heavy atom. The number of aryl methyl sites for hydroxylation is 2. The lowest BCUT2D eigenvalue weighted by molar-refractivity contribution is 0.885. The van der Waals surface area contributed by atoms with Crippen molar-refractivity contribution in [3.63, 3.8) is 0 Å². The van der Waals surface area contributed by atoms with Crippen molar-refractivity contribution in [1.82, 2.24) is 15.2 Å². The van der Waals surface area contributed by atoms with Crippen molar-refractivity contribution in [3.8, 4) is 0 Å². The maximum atomic E-state index is 11.1. The first-order valence-corrected chi connectivity index (χ1v) is 5.40. The fourth-order valence-electron chi connectivity index (χ4n) is 1.32. The average Bonchev–Trinajstić information content (AvgIpc) is 2.29. The number of anilines is 2. The number of hydrogen-bond donors (Lipinski definition) is 2. The molecular weight excluding hydrogens is 240 g/mol. The third kappa shape index (κ3) is 2.62. The van der Waals surface area contributed by atoms with E-state index in [1.165, 1.54) is 0 Å². The van der Waals surface area contributed by atoms with Gasteiger partial charge in [-0.1, -0.05) is 17.7 Å². The van der Waals surface area contributed by atoms with E-state index < -0.39 is 5.69 Å². The third-order valence-electron chi connectivity index (χ3n) is 2.31. The molecule has 0 bridgehead atoms. The summed E-state index contributed by atoms with van der Waals surface area (Å²) in [4.78, 5) is 14.9. The van der Waals surface area contributed by atoms with Crippen molar-refractivity contribution in [2.45, 2.75) is 13.8 Å². The summed E-state index contributed by atoms with van der Waals surface area (Å²) < 4.78 is 0. The molecule has 2 rings (SSSR count). The molecule has 6 heteroatoms. The molecule has 0 saturated heterocycles. The van der Waals surface area contributed by atoms with Crippen molar-refractivity contribution in [1.29, 1.82) is 0 Å². The number of H-pyrrole nitrogens is 1. The number of nitrogens with zero attached hydrogens (tertiary/aromatic N) is 2. The van der Waals surface area contributed by atoms with Crippen LogP contribution in [0.4, 0.5) is 11.5 Å². The molecule has 0 radical (unpaired) electrons. The number of aromatic nitrogens is 3. The molecule has 5 nitrogen and oxygen atoms in total. The van der Waals surface area contributed by atoms with Crippen LogP contribution in [0.5, 0.6) is 0 Å². The van der Waals surface area contributed by atoms with E-state index in [-0.39, 0.29) is 0 Å². The lowest BCUT2D eigenvalue weighted by atomic mass is 10.2. The number of nitrogens with one attached hydrogen (secondary N) is 2. The molecule has 1 aromatic carbocycles. The second-order valence-electron chi connectivity index (χ2n) is 3.66. The number of rotatable bonds is 2. The first kappa shape index (κ1) is 11.6. The average molecular weight is 251 g/mol. The first-order chi connectivity index (χ1) is 8.06. The van der Waals surface area contributed by atoms with Gasteiger partial charge < -0.3 is 5.32 Å². The van der Waals surface area contributed by atoms with Gasteiger partial charge in [-0.15, -0.1) is 0 Å². The molecule has 88 valence electrons. The van der Waals surface area contributed by atoms with E-state index in [1.54, 1.807) is 13.0 Å². The molecule has 2 N–H and O–H groups in total. The second-order valence-corrected chi connectivity index (χ2v) is 4.07. The van der Waals surface area contributed by atoms with Crippen LogP contribution in [0.25, 0.3) is 0 Å². The zero-order valence-electron chi connectivity index (χ0n) is 9.41. The highest BCUT2D eigenvalue weighted by atomic mass is 35.5. The smallest absolute Gasteiger partial charge is 0.338 e. The Bertz CT molecular complexity index is 609. The van der Waals surface area contributed by atoms with Gasteiger partial charge >= 0.3 is 5.69 Å². The zero-order valence-corrected chi connectivity index (χ0v) is 10.2. The van der Waals surface area contributed by atoms with E-state index in [1.807, 2.05) is 19.1 Å². The maximum absolute atomic E-state index is 11.1. The molecule has 2 aromatic rings. The van der Waals surface area contributed by atoms with Crippen LogP contribution in [0.3, 0.4) is 0 Å². The van der Waals surface area contributed by atoms with Crippen LogP contribution in [0.1, 0.15) is 11.3 Å². The van der Waals surface area contributed by atoms with E-state index in [0.717, 1.165) is 11.3 Å². The number of aromatic amines is 1. The van der Waals surface area contributed by atoms with E-state index in [9.17, 15) is 4.79 Å². The fraction of sp³-hybridized carbons (Fsp3) is 0.182. The van der Waals surface area contributed by atoms with Gasteiger partial charge in [0.15, 0.2) is 5.82 Å². The summed E-state index contributed by atoms with van der Waals surface area (Å²) in [5.74, 6) is 0.425. The molecule has 1 aromatic heterocycles. The highest BCUT2D eigenvalue weighted by Crippen LogP contribution is 2.22. The highest BCUT2D eigenvalue weighted by Gasteiger charge is 2.04. The highest BCUT2D eigenvalue weighted by molar-refractivity contribution is 6.31. The molecule has 0 fully saturated rings. The van der Waals surface area contributed by atoms with Crippen LogP contribution in [-0.4, -0.2) is 15.2 Å². The van der Waals surface area contributed by atoms with Crippen LogP contribution in [0, 0.1) is 13.8 Å². The Kier molecular flexibility index (Phi) is 3.10. The second kappa shape index (κ2) is 4.55. The minimum atomic E-state index is -0.490. The van der Waals surface area contributed by atoms with Crippen molar-refractivity contribution in [3.05, 3.63) is 45.0 Å². The summed E-state index contributed by atoms with van der Waals surface area (Å²) in [6.45, 7) is 3.67. The standard InChI is InChI=1S/C11H11ClN4O/c1-6-3-4-8(5-9(6)12)13-10-7(2)15-16-11(17)14-10/h3-5H,1-2H3,(H2,13,14,16,17). The van der Waals surface area contributed by atoms with Crippen LogP contribution in [0.15, 0.2) is 23.0 Å². The molecule has 0 saturated carbocycles. The molecular formula is C11H11ClN4O. The first-order valence-electron chi connectivity index (χ1n) is 5.03. The van der Waals surface area contributed by atoms with Gasteiger partial charge in [0.1, 0.15) is 5.69 Å². The summed E-state index contributed by atoms with van der Waals surface area (Å²) in [6.07, 6.45) is 0. The molecule has 0 aliphatic rings. The topological polar surface area (TPSA) is 70.7 Å². The molecule has 17 heavy (non-hydrogen) atoms. The number of benzene rings is 1. The van der Waals surface area contributed by atoms with Gasteiger partial charge in [0.25, 0.3) is 0 Å². The van der Waals surface area contributed by atoms with Gasteiger partial charge in [0.2, 0.25) is 0 Å². The maximum Gasteiger partial charge on any atom is 0.363 e. The van der Waals surface area contributed by atoms with Gasteiger partial charge in [-0.3, -0.25) is 0 Å². The minimum absolute atomic E-state index is 0.425. The summed E-state index contributed by atoms with van der Waals surface area (Å²) in [6, 6.07) is 5.53. The van der Waals surface area contributed by atoms with Crippen molar-refractivity contribution in [2.24, 2.45) is 0 Å². The minimum Gasteiger partial charge on any atom is -0.338 e. The summed E-state index contributed by atoms with van der Waals surface area (Å²) in [7, 11) is 0. The Morgan fingerprint density at radius 2 is 2.12 bits per heavy atom. The Hall–Kier alpha value is -1.88. The molecule has 1 heterocycles. The lowest BCUT2D eigenvalue weighted by Gasteiger charge is -2.07. The lowest BCUT2D eigenvalue weighted by Crippen LogP contribution is -2.15. The van der Waals surface area contributed by atoms with Gasteiger partial charge in [-0.05, 0) is 31.5 Å². The van der Waals surface area contributed by atoms with Gasteiger partial charge in [-0.2, -0.15) is 10.1 Å². The van der Waals surface area contributed by atoms with Crippen LogP contribution in [0.2, 0.25) is 5.02 Å². The van der Waals surface area contributed by atoms with Crippen molar-refractivity contribution < 1.29 is 0 Å². The van der Waals surface area contributed by atoms with E-state index in [0.29, 0.717) is 16.5 Å². The number of hydrogen-bond acceptors (Lipinski definition) is 4. The predicted octanol–water partition coefficient (Wildman–Crippen LogP) is 2.18. The van der Waals surface area contributed by atoms with Crippen molar-refractivity contribution >= 4 is 23.1 Å². The van der Waals surface area contributed by atoms with Crippen LogP contribution < -0.4 is 11.0 Å². The predicted molar refractivity (Wildman–Crippen MR) is 66.9 cm³/mol. The van der Waals surface area contributed by atoms with Crippen LogP contribution >= 0.6 is 11.6 Å². The molecule has 0 atom stereocenters. The fourth-order valence-corrected chi connectivity index (χ4v) is 1.50. The molecule has 0 spiro atoms. The van der Waals surface area contributed by atoms with Gasteiger partial charge in [0, 0.05) is 10.7 Å². The Labute approximate surface area is 103 Å². The molecule has 0 aliphatic heterocycles. The summed E-state index contributed by atoms with van der Waals surface area (Å²) in [5, 5.41) is 9.74. The Morgan fingerprint density at radius 3 is 2.82 bits per heavy atom. The molecule has 0 unspecified atom stereocenters. The normalized spacial score (nSPS) is 10.3. The molecule has 0 amide bonds. The van der Waals surface area contributed by atoms with Crippen LogP contribution in [-0.2, 0) is 0 Å². The van der Waals surface area contributed by atoms with E-state index in [2.05, 4.69) is 20.5 Å². The van der Waals surface area contributed by atoms with E-state index >= 15 is 0 Å². The monoisotopic (exact) mass is 250 g/mol. The van der Waals surface area contributed by atoms with Gasteiger partial charge in [-0.25, -0.2) is 9.89 Å². The number of halogens is 1. The van der Waals surface area contributed by atoms with Crippen molar-refractivity contribution in [2.75, 3.05) is 5.32 Å². The summed E-state index contributed by atoms with van der Waals surface area (Å²) in [5.41, 5.74) is 1.88. The SMILES string of the molecule is Cc1ccc(Nc2nc(=O)[nH]nc2C)cc1Cl. The third-order valence-corrected chi connectivity index (χ3v) is 2.72. The van der Waals surface area contributed by atoms with E-state index in [4.69, 9.17) is 11.6 Å². The van der Waals surface area contributed by atoms with Gasteiger partial charge in [0.05, 0.1) is 0 Å². The summed E-state index contributed by atoms with van der Waals surface area (Å²) >= 11 is 6.01.